The van der Waals surface area contributed by atoms with Crippen molar-refractivity contribution < 1.29 is 14.3 Å². The molecular weight excluding hydrogens is 625 g/mol. The quantitative estimate of drug-likeness (QED) is 0.0914. The fourth-order valence-corrected chi connectivity index (χ4v) is 6.59. The molecule has 1 atom stereocenters. The summed E-state index contributed by atoms with van der Waals surface area (Å²) in [5.41, 5.74) is 22.4. The van der Waals surface area contributed by atoms with Gasteiger partial charge >= 0.3 is 0 Å². The first-order valence-electron chi connectivity index (χ1n) is 15.7. The SMILES string of the molecule is C/C=C\C(C=N)=C(/N)c1cc(C[C@H](C)c2c(Cl)cncc2Cl)ccc1N.CCN1CC2(C1)CN(C(=O)CCOCCOCCN)C2. The van der Waals surface area contributed by atoms with E-state index in [1.165, 1.54) is 6.21 Å². The molecule has 46 heavy (non-hydrogen) atoms. The second-order valence-corrected chi connectivity index (χ2v) is 12.7. The summed E-state index contributed by atoms with van der Waals surface area (Å²) in [5.74, 6) is 0.311. The molecule has 3 heterocycles. The molecule has 0 unspecified atom stereocenters. The second kappa shape index (κ2) is 18.4. The van der Waals surface area contributed by atoms with Crippen LogP contribution in [0.2, 0.25) is 10.0 Å². The molecule has 0 saturated carbocycles. The molecule has 2 aliphatic rings. The van der Waals surface area contributed by atoms with E-state index in [4.69, 9.17) is 55.3 Å². The summed E-state index contributed by atoms with van der Waals surface area (Å²) in [6.07, 6.45) is 9.23. The summed E-state index contributed by atoms with van der Waals surface area (Å²) >= 11 is 12.5. The van der Waals surface area contributed by atoms with Crippen molar-refractivity contribution in [3.05, 3.63) is 75.1 Å². The van der Waals surface area contributed by atoms with Crippen LogP contribution in [0.3, 0.4) is 0 Å². The van der Waals surface area contributed by atoms with Gasteiger partial charge in [-0.1, -0.05) is 55.3 Å². The number of benzene rings is 1. The van der Waals surface area contributed by atoms with Gasteiger partial charge < -0.3 is 41.9 Å². The first-order valence-corrected chi connectivity index (χ1v) is 16.5. The van der Waals surface area contributed by atoms with Gasteiger partial charge in [-0.25, -0.2) is 0 Å². The Labute approximate surface area is 283 Å². The van der Waals surface area contributed by atoms with Crippen LogP contribution in [0.4, 0.5) is 5.69 Å². The number of likely N-dealkylation sites (tertiary alicyclic amines) is 2. The Balaban J connectivity index is 0.000000259. The number of halogens is 2. The Morgan fingerprint density at radius 3 is 2.35 bits per heavy atom. The number of rotatable bonds is 15. The highest BCUT2D eigenvalue weighted by Gasteiger charge is 2.52. The second-order valence-electron chi connectivity index (χ2n) is 11.9. The molecule has 12 heteroatoms. The lowest BCUT2D eigenvalue weighted by Crippen LogP contribution is -2.72. The van der Waals surface area contributed by atoms with Gasteiger partial charge in [0.2, 0.25) is 5.91 Å². The third kappa shape index (κ3) is 10.3. The standard InChI is InChI=1S/C20H22Cl2N4.C14H27N3O3/c1-3-4-14(9-23)20(25)15-8-13(5-6-18(15)24)7-12(2)19-16(21)10-26-11-17(19)22;1-2-16-9-14(10-16)11-17(12-14)13(18)3-5-19-7-8-20-6-4-15/h3-6,8-12,23H,7,24-25H2,1-2H3;2-12,15H2,1H3/b4-3-,20-14+,23-9?;/t12-;/m0./s1. The van der Waals surface area contributed by atoms with Crippen molar-refractivity contribution in [2.24, 2.45) is 16.9 Å². The molecule has 7 N–H and O–H groups in total. The Bertz CT molecular complexity index is 1350. The zero-order valence-corrected chi connectivity index (χ0v) is 28.7. The van der Waals surface area contributed by atoms with Gasteiger partial charge in [-0.05, 0) is 49.1 Å². The summed E-state index contributed by atoms with van der Waals surface area (Å²) in [5, 5.41) is 8.66. The van der Waals surface area contributed by atoms with E-state index in [1.807, 2.05) is 36.1 Å². The molecule has 1 aromatic carbocycles. The normalized spacial score (nSPS) is 16.7. The van der Waals surface area contributed by atoms with Gasteiger partial charge in [-0.15, -0.1) is 0 Å². The van der Waals surface area contributed by atoms with Gasteiger partial charge in [-0.3, -0.25) is 9.78 Å². The highest BCUT2D eigenvalue weighted by molar-refractivity contribution is 6.35. The fourth-order valence-electron chi connectivity index (χ4n) is 5.85. The average Bonchev–Trinajstić information content (AvgIpc) is 2.99. The van der Waals surface area contributed by atoms with Crippen molar-refractivity contribution in [1.29, 1.82) is 5.41 Å². The monoisotopic (exact) mass is 673 g/mol. The molecule has 10 nitrogen and oxygen atoms in total. The number of pyridine rings is 1. The number of anilines is 1. The lowest BCUT2D eigenvalue weighted by atomic mass is 9.73. The molecule has 1 spiro atoms. The van der Waals surface area contributed by atoms with Crippen molar-refractivity contribution in [1.82, 2.24) is 14.8 Å². The van der Waals surface area contributed by atoms with Crippen LogP contribution in [0.15, 0.2) is 48.3 Å². The predicted octanol–water partition coefficient (Wildman–Crippen LogP) is 4.74. The largest absolute Gasteiger partial charge is 0.398 e. The lowest BCUT2D eigenvalue weighted by molar-refractivity contribution is -0.159. The Morgan fingerprint density at radius 2 is 1.76 bits per heavy atom. The number of ether oxygens (including phenoxy) is 2. The van der Waals surface area contributed by atoms with E-state index in [2.05, 4.69) is 23.7 Å². The van der Waals surface area contributed by atoms with Gasteiger partial charge in [0.1, 0.15) is 0 Å². The first kappa shape index (κ1) is 37.5. The molecule has 0 bridgehead atoms. The molecule has 2 aliphatic heterocycles. The number of hydrogen-bond donors (Lipinski definition) is 4. The van der Waals surface area contributed by atoms with Crippen LogP contribution >= 0.6 is 23.2 Å². The van der Waals surface area contributed by atoms with Gasteiger partial charge in [0.05, 0.1) is 42.9 Å². The third-order valence-corrected chi connectivity index (χ3v) is 8.81. The molecule has 0 radical (unpaired) electrons. The van der Waals surface area contributed by atoms with E-state index in [9.17, 15) is 4.79 Å². The summed E-state index contributed by atoms with van der Waals surface area (Å²) in [6, 6.07) is 5.75. The van der Waals surface area contributed by atoms with Crippen molar-refractivity contribution in [2.75, 3.05) is 71.4 Å². The molecule has 2 saturated heterocycles. The van der Waals surface area contributed by atoms with Gasteiger partial charge in [0.25, 0.3) is 0 Å². The van der Waals surface area contributed by atoms with E-state index in [0.29, 0.717) is 78.2 Å². The minimum absolute atomic E-state index is 0.0948. The number of nitrogens with zero attached hydrogens (tertiary/aromatic N) is 3. The van der Waals surface area contributed by atoms with Crippen LogP contribution in [-0.4, -0.2) is 92.6 Å². The molecule has 1 aromatic heterocycles. The number of carbonyl (C=O) groups excluding carboxylic acids is 1. The van der Waals surface area contributed by atoms with Crippen LogP contribution in [0, 0.1) is 10.8 Å². The number of nitrogens with one attached hydrogen (secondary N) is 1. The zero-order chi connectivity index (χ0) is 33.7. The summed E-state index contributed by atoms with van der Waals surface area (Å²) in [6.45, 7) is 14.1. The Morgan fingerprint density at radius 1 is 1.11 bits per heavy atom. The van der Waals surface area contributed by atoms with Crippen LogP contribution in [-0.2, 0) is 20.7 Å². The third-order valence-electron chi connectivity index (χ3n) is 8.21. The minimum Gasteiger partial charge on any atom is -0.398 e. The van der Waals surface area contributed by atoms with Gasteiger partial charge in [0.15, 0.2) is 0 Å². The van der Waals surface area contributed by atoms with Gasteiger partial charge in [-0.2, -0.15) is 0 Å². The number of amides is 1. The molecular formula is C34H49Cl2N7O3. The van der Waals surface area contributed by atoms with E-state index < -0.39 is 0 Å². The number of hydrogen-bond acceptors (Lipinski definition) is 9. The highest BCUT2D eigenvalue weighted by atomic mass is 35.5. The number of aromatic nitrogens is 1. The Hall–Kier alpha value is -2.99. The van der Waals surface area contributed by atoms with Crippen molar-refractivity contribution in [3.63, 3.8) is 0 Å². The smallest absolute Gasteiger partial charge is 0.224 e. The van der Waals surface area contributed by atoms with E-state index in [1.54, 1.807) is 18.5 Å². The zero-order valence-electron chi connectivity index (χ0n) is 27.2. The number of allylic oxidation sites excluding steroid dienone is 3. The summed E-state index contributed by atoms with van der Waals surface area (Å²) < 4.78 is 10.6. The van der Waals surface area contributed by atoms with Crippen molar-refractivity contribution >= 4 is 46.7 Å². The minimum atomic E-state index is 0.0948. The molecule has 252 valence electrons. The number of carbonyl (C=O) groups is 1. The fraction of sp³-hybridized carbons (Fsp3) is 0.500. The van der Waals surface area contributed by atoms with Crippen LogP contribution in [0.25, 0.3) is 5.70 Å². The van der Waals surface area contributed by atoms with Crippen molar-refractivity contribution in [2.45, 2.75) is 39.5 Å². The molecule has 2 fully saturated rings. The highest BCUT2D eigenvalue weighted by Crippen LogP contribution is 2.39. The first-order chi connectivity index (χ1) is 22.1. The maximum Gasteiger partial charge on any atom is 0.224 e. The predicted molar refractivity (Wildman–Crippen MR) is 188 cm³/mol. The number of nitrogens with two attached hydrogens (primary N) is 3. The Kier molecular flexibility index (Phi) is 15.0. The average molecular weight is 675 g/mol. The van der Waals surface area contributed by atoms with Crippen LogP contribution in [0.5, 0.6) is 0 Å². The van der Waals surface area contributed by atoms with E-state index in [0.717, 1.165) is 49.4 Å². The summed E-state index contributed by atoms with van der Waals surface area (Å²) in [4.78, 5) is 20.3. The van der Waals surface area contributed by atoms with E-state index >= 15 is 0 Å². The summed E-state index contributed by atoms with van der Waals surface area (Å²) in [7, 11) is 0. The van der Waals surface area contributed by atoms with Crippen molar-refractivity contribution in [3.8, 4) is 0 Å². The van der Waals surface area contributed by atoms with Crippen LogP contribution in [0.1, 0.15) is 49.8 Å². The van der Waals surface area contributed by atoms with Gasteiger partial charge in [0, 0.05) is 79.3 Å². The molecule has 2 aromatic rings. The lowest BCUT2D eigenvalue weighted by Gasteiger charge is -2.60. The van der Waals surface area contributed by atoms with Crippen LogP contribution < -0.4 is 17.2 Å². The topological polar surface area (TPSA) is 157 Å². The van der Waals surface area contributed by atoms with E-state index in [-0.39, 0.29) is 11.8 Å². The maximum atomic E-state index is 11.9. The molecule has 1 amide bonds. The molecule has 4 rings (SSSR count). The maximum absolute atomic E-state index is 11.9. The molecule has 0 aliphatic carbocycles. The number of nitrogen functional groups attached to an aromatic ring is 1.